The van der Waals surface area contributed by atoms with E-state index in [0.717, 1.165) is 44.9 Å². The lowest BCUT2D eigenvalue weighted by atomic mass is 10.0. The van der Waals surface area contributed by atoms with E-state index in [1.165, 1.54) is 70.6 Å². The molecule has 260 valence electrons. The molecular weight excluding hydrogens is 566 g/mol. The molecule has 0 aliphatic carbocycles. The van der Waals surface area contributed by atoms with Crippen LogP contribution in [0.4, 0.5) is 0 Å². The molecular formula is C34H65NO9. The number of ether oxygens (including phenoxy) is 1. The molecule has 0 aromatic heterocycles. The largest absolute Gasteiger partial charge is 0.462 e. The lowest BCUT2D eigenvalue weighted by Gasteiger charge is -2.27. The van der Waals surface area contributed by atoms with Crippen LogP contribution in [0.5, 0.6) is 0 Å². The number of carbonyl (C=O) groups is 3. The second kappa shape index (κ2) is 28.9. The van der Waals surface area contributed by atoms with Crippen LogP contribution in [0.1, 0.15) is 155 Å². The summed E-state index contributed by atoms with van der Waals surface area (Å²) in [4.78, 5) is 36.9. The molecule has 0 aromatic rings. The molecule has 0 spiro atoms. The Labute approximate surface area is 266 Å². The summed E-state index contributed by atoms with van der Waals surface area (Å²) in [6.07, 6.45) is 14.2. The third-order valence-electron chi connectivity index (χ3n) is 8.16. The Hall–Kier alpha value is -1.59. The average molecular weight is 632 g/mol. The van der Waals surface area contributed by atoms with E-state index in [1.54, 1.807) is 0 Å². The maximum atomic E-state index is 12.7. The van der Waals surface area contributed by atoms with E-state index in [9.17, 15) is 34.8 Å². The molecule has 6 N–H and O–H groups in total. The van der Waals surface area contributed by atoms with Crippen LogP contribution in [0.25, 0.3) is 0 Å². The zero-order chi connectivity index (χ0) is 33.0. The van der Waals surface area contributed by atoms with E-state index in [2.05, 4.69) is 19.2 Å². The number of unbranched alkanes of at least 4 members (excludes halogenated alkanes) is 16. The fourth-order valence-electron chi connectivity index (χ4n) is 5.30. The number of amides is 1. The van der Waals surface area contributed by atoms with Crippen molar-refractivity contribution in [3.8, 4) is 0 Å². The van der Waals surface area contributed by atoms with Gasteiger partial charge in [0.25, 0.3) is 0 Å². The molecule has 10 heteroatoms. The van der Waals surface area contributed by atoms with Crippen molar-refractivity contribution < 1.29 is 44.7 Å². The molecule has 0 rings (SSSR count). The minimum atomic E-state index is -1.85. The van der Waals surface area contributed by atoms with Gasteiger partial charge in [-0.3, -0.25) is 9.59 Å². The number of nitrogens with one attached hydrogen (secondary N) is 1. The monoisotopic (exact) mass is 631 g/mol. The Morgan fingerprint density at radius 1 is 0.659 bits per heavy atom. The summed E-state index contributed by atoms with van der Waals surface area (Å²) < 4.78 is 5.60. The van der Waals surface area contributed by atoms with Crippen molar-refractivity contribution in [1.82, 2.24) is 5.32 Å². The maximum absolute atomic E-state index is 12.7. The first-order valence-electron chi connectivity index (χ1n) is 17.5. The number of aliphatic hydroxyl groups is 5. The van der Waals surface area contributed by atoms with Crippen LogP contribution in [0.3, 0.4) is 0 Å². The van der Waals surface area contributed by atoms with Gasteiger partial charge < -0.3 is 40.4 Å². The number of aliphatic hydroxyl groups excluding tert-OH is 5. The first-order valence-corrected chi connectivity index (χ1v) is 17.5. The summed E-state index contributed by atoms with van der Waals surface area (Å²) in [7, 11) is 0. The minimum absolute atomic E-state index is 0.159. The molecule has 0 fully saturated rings. The van der Waals surface area contributed by atoms with Gasteiger partial charge in [-0.2, -0.15) is 0 Å². The van der Waals surface area contributed by atoms with Gasteiger partial charge in [-0.1, -0.05) is 123 Å². The van der Waals surface area contributed by atoms with Gasteiger partial charge in [0.1, 0.15) is 36.7 Å². The number of rotatable bonds is 31. The van der Waals surface area contributed by atoms with Gasteiger partial charge in [0.05, 0.1) is 25.6 Å². The lowest BCUT2D eigenvalue weighted by Crippen LogP contribution is -2.53. The van der Waals surface area contributed by atoms with Crippen molar-refractivity contribution >= 4 is 18.2 Å². The van der Waals surface area contributed by atoms with Gasteiger partial charge in [-0.25, -0.2) is 0 Å². The molecule has 0 aliphatic rings. The normalized spacial score (nSPS) is 15.6. The predicted molar refractivity (Wildman–Crippen MR) is 172 cm³/mol. The van der Waals surface area contributed by atoms with Gasteiger partial charge >= 0.3 is 5.97 Å². The highest BCUT2D eigenvalue weighted by atomic mass is 16.5. The number of hydrogen-bond acceptors (Lipinski definition) is 9. The van der Waals surface area contributed by atoms with E-state index in [1.807, 2.05) is 0 Å². The Morgan fingerprint density at radius 3 is 1.57 bits per heavy atom. The quantitative estimate of drug-likeness (QED) is 0.0362. The van der Waals surface area contributed by atoms with Crippen molar-refractivity contribution in [2.24, 2.45) is 0 Å². The van der Waals surface area contributed by atoms with Crippen LogP contribution < -0.4 is 5.32 Å². The highest BCUT2D eigenvalue weighted by molar-refractivity contribution is 5.80. The van der Waals surface area contributed by atoms with Crippen LogP contribution in [0, 0.1) is 0 Å². The summed E-state index contributed by atoms with van der Waals surface area (Å²) in [6, 6.07) is -1.53. The Bertz CT molecular complexity index is 708. The smallest absolute Gasteiger partial charge is 0.308 e. The topological polar surface area (TPSA) is 174 Å². The molecule has 0 heterocycles. The highest BCUT2D eigenvalue weighted by Gasteiger charge is 2.32. The molecule has 10 nitrogen and oxygen atoms in total. The standard InChI is InChI=1S/C34H65NO9/c1-3-5-7-9-11-13-15-17-19-21-27(38)23-32(41)44-28(22-20-18-16-14-12-10-8-6-4-2)24-31(40)35-29(25-36)33(42)34(43)30(39)26-37/h25,27-30,33-34,37-39,42-43H,3-24,26H2,1-2H3,(H,35,40)/t27-,28-,29-,30-,33-,34-/m1/s1. The summed E-state index contributed by atoms with van der Waals surface area (Å²) in [5.74, 6) is -1.26. The summed E-state index contributed by atoms with van der Waals surface area (Å²) >= 11 is 0. The van der Waals surface area contributed by atoms with Gasteiger partial charge in [0.2, 0.25) is 5.91 Å². The van der Waals surface area contributed by atoms with Crippen LogP contribution in [-0.4, -0.2) is 86.9 Å². The van der Waals surface area contributed by atoms with Crippen molar-refractivity contribution in [3.05, 3.63) is 0 Å². The molecule has 6 atom stereocenters. The Kier molecular flexibility index (Phi) is 27.8. The van der Waals surface area contributed by atoms with Crippen molar-refractivity contribution in [2.75, 3.05) is 6.61 Å². The number of carbonyl (C=O) groups excluding carboxylic acids is 3. The van der Waals surface area contributed by atoms with Crippen molar-refractivity contribution in [3.63, 3.8) is 0 Å². The molecule has 44 heavy (non-hydrogen) atoms. The van der Waals surface area contributed by atoms with E-state index >= 15 is 0 Å². The maximum Gasteiger partial charge on any atom is 0.308 e. The van der Waals surface area contributed by atoms with Crippen LogP contribution >= 0.6 is 0 Å². The fourth-order valence-corrected chi connectivity index (χ4v) is 5.30. The van der Waals surface area contributed by atoms with Crippen molar-refractivity contribution in [1.29, 1.82) is 0 Å². The summed E-state index contributed by atoms with van der Waals surface area (Å²) in [5.41, 5.74) is 0. The number of hydrogen-bond donors (Lipinski definition) is 6. The zero-order valence-electron chi connectivity index (χ0n) is 27.7. The predicted octanol–water partition coefficient (Wildman–Crippen LogP) is 4.64. The molecule has 0 unspecified atom stereocenters. The third kappa shape index (κ3) is 22.8. The Morgan fingerprint density at radius 2 is 1.11 bits per heavy atom. The van der Waals surface area contributed by atoms with Crippen molar-refractivity contribution in [2.45, 2.75) is 192 Å². The van der Waals surface area contributed by atoms with E-state index in [0.29, 0.717) is 12.8 Å². The molecule has 0 saturated heterocycles. The zero-order valence-corrected chi connectivity index (χ0v) is 27.7. The third-order valence-corrected chi connectivity index (χ3v) is 8.16. The van der Waals surface area contributed by atoms with Gasteiger partial charge in [-0.05, 0) is 19.3 Å². The van der Waals surface area contributed by atoms with Gasteiger partial charge in [0, 0.05) is 0 Å². The summed E-state index contributed by atoms with van der Waals surface area (Å²) in [5, 5.41) is 51.4. The van der Waals surface area contributed by atoms with E-state index in [-0.39, 0.29) is 19.1 Å². The molecule has 0 bridgehead atoms. The average Bonchev–Trinajstić information content (AvgIpc) is 3.00. The molecule has 0 saturated carbocycles. The summed E-state index contributed by atoms with van der Waals surface area (Å²) in [6.45, 7) is 3.56. The number of aldehydes is 1. The molecule has 0 aliphatic heterocycles. The molecule has 0 radical (unpaired) electrons. The van der Waals surface area contributed by atoms with Gasteiger partial charge in [-0.15, -0.1) is 0 Å². The fraction of sp³-hybridized carbons (Fsp3) is 0.912. The second-order valence-electron chi connectivity index (χ2n) is 12.4. The first-order chi connectivity index (χ1) is 21.2. The molecule has 0 aromatic carbocycles. The minimum Gasteiger partial charge on any atom is -0.462 e. The van der Waals surface area contributed by atoms with Gasteiger partial charge in [0.15, 0.2) is 0 Å². The molecule has 1 amide bonds. The first kappa shape index (κ1) is 42.4. The Balaban J connectivity index is 4.78. The van der Waals surface area contributed by atoms with E-state index < -0.39 is 55.0 Å². The SMILES string of the molecule is CCCCCCCCCCC[C@@H](O)CC(=O)O[C@H](CCCCCCCCCCC)CC(=O)N[C@H](C=O)[C@@H](O)[C@H](O)[C@H](O)CO. The second-order valence-corrected chi connectivity index (χ2v) is 12.4. The lowest BCUT2D eigenvalue weighted by molar-refractivity contribution is -0.153. The van der Waals surface area contributed by atoms with Crippen LogP contribution in [-0.2, 0) is 19.1 Å². The van der Waals surface area contributed by atoms with Crippen LogP contribution in [0.2, 0.25) is 0 Å². The van der Waals surface area contributed by atoms with Crippen LogP contribution in [0.15, 0.2) is 0 Å². The highest BCUT2D eigenvalue weighted by Crippen LogP contribution is 2.17. The van der Waals surface area contributed by atoms with E-state index in [4.69, 9.17) is 9.84 Å². The number of esters is 1.